The van der Waals surface area contributed by atoms with Gasteiger partial charge in [-0.1, -0.05) is 0 Å². The maximum Gasteiger partial charge on any atom is 0.173 e. The van der Waals surface area contributed by atoms with E-state index in [0.29, 0.717) is 12.4 Å². The third-order valence-electron chi connectivity index (χ3n) is 1.77. The predicted molar refractivity (Wildman–Crippen MR) is 44.9 cm³/mol. The van der Waals surface area contributed by atoms with Crippen LogP contribution in [0.4, 0.5) is 0 Å². The number of rotatable bonds is 0. The van der Waals surface area contributed by atoms with Crippen molar-refractivity contribution in [1.29, 1.82) is 0 Å². The van der Waals surface area contributed by atoms with Crippen molar-refractivity contribution in [3.63, 3.8) is 0 Å². The quantitative estimate of drug-likeness (QED) is 0.430. The highest BCUT2D eigenvalue weighted by Gasteiger charge is 2.19. The lowest BCUT2D eigenvalue weighted by molar-refractivity contribution is 0.275. The normalized spacial score (nSPS) is 27.1. The molecular formula is C7H10N4O. The Bertz CT molecular complexity index is 292. The summed E-state index contributed by atoms with van der Waals surface area (Å²) < 4.78 is 5.06. The molecule has 5 N–H and O–H groups in total. The van der Waals surface area contributed by atoms with Gasteiger partial charge in [0.2, 0.25) is 0 Å². The second-order valence-corrected chi connectivity index (χ2v) is 2.61. The van der Waals surface area contributed by atoms with Crippen molar-refractivity contribution < 1.29 is 4.74 Å². The molecule has 0 aromatic heterocycles. The van der Waals surface area contributed by atoms with E-state index in [-0.39, 0.29) is 0 Å². The van der Waals surface area contributed by atoms with Gasteiger partial charge in [0, 0.05) is 0 Å². The van der Waals surface area contributed by atoms with Crippen molar-refractivity contribution in [3.8, 4) is 0 Å². The van der Waals surface area contributed by atoms with Crippen LogP contribution in [0.5, 0.6) is 0 Å². The van der Waals surface area contributed by atoms with Crippen LogP contribution in [0.15, 0.2) is 28.6 Å². The van der Waals surface area contributed by atoms with Gasteiger partial charge in [-0.25, -0.2) is 4.99 Å². The standard InChI is InChI=1S/C7H10N4O/c8-6-4-3-12-2-1-5(4)10-7(9)11-6/h1-2,7,10H,3,9H2,(H2,8,11). The van der Waals surface area contributed by atoms with Crippen molar-refractivity contribution >= 4 is 5.84 Å². The SMILES string of the molecule is NC1=NC(N)NC2=C1COC=C2. The van der Waals surface area contributed by atoms with Crippen LogP contribution in [0.3, 0.4) is 0 Å². The first kappa shape index (κ1) is 7.17. The molecule has 0 saturated carbocycles. The van der Waals surface area contributed by atoms with Crippen molar-refractivity contribution in [2.45, 2.75) is 6.29 Å². The summed E-state index contributed by atoms with van der Waals surface area (Å²) in [5, 5.41) is 2.97. The van der Waals surface area contributed by atoms with Gasteiger partial charge in [0.1, 0.15) is 12.4 Å². The van der Waals surface area contributed by atoms with Gasteiger partial charge in [-0.2, -0.15) is 0 Å². The molecular weight excluding hydrogens is 156 g/mol. The monoisotopic (exact) mass is 166 g/mol. The molecule has 0 aliphatic carbocycles. The molecule has 1 atom stereocenters. The molecule has 0 amide bonds. The Morgan fingerprint density at radius 1 is 1.67 bits per heavy atom. The van der Waals surface area contributed by atoms with Crippen molar-refractivity contribution in [2.24, 2.45) is 16.5 Å². The van der Waals surface area contributed by atoms with Crippen LogP contribution in [0.25, 0.3) is 0 Å². The zero-order valence-corrected chi connectivity index (χ0v) is 6.45. The predicted octanol–water partition coefficient (Wildman–Crippen LogP) is -1.01. The summed E-state index contributed by atoms with van der Waals surface area (Å²) in [4.78, 5) is 3.96. The summed E-state index contributed by atoms with van der Waals surface area (Å²) >= 11 is 0. The maximum atomic E-state index is 5.64. The second kappa shape index (κ2) is 2.53. The van der Waals surface area contributed by atoms with Gasteiger partial charge in [-0.3, -0.25) is 5.73 Å². The third kappa shape index (κ3) is 1.04. The highest BCUT2D eigenvalue weighted by atomic mass is 16.5. The van der Waals surface area contributed by atoms with E-state index in [1.54, 1.807) is 12.3 Å². The molecule has 0 bridgehead atoms. The summed E-state index contributed by atoms with van der Waals surface area (Å²) in [6.45, 7) is 0.459. The van der Waals surface area contributed by atoms with E-state index in [4.69, 9.17) is 16.2 Å². The van der Waals surface area contributed by atoms with Gasteiger partial charge in [-0.05, 0) is 6.08 Å². The second-order valence-electron chi connectivity index (χ2n) is 2.61. The number of nitrogens with one attached hydrogen (secondary N) is 1. The van der Waals surface area contributed by atoms with Crippen LogP contribution in [-0.2, 0) is 4.74 Å². The topological polar surface area (TPSA) is 85.7 Å². The van der Waals surface area contributed by atoms with Crippen LogP contribution < -0.4 is 16.8 Å². The molecule has 0 fully saturated rings. The fourth-order valence-electron chi connectivity index (χ4n) is 1.19. The summed E-state index contributed by atoms with van der Waals surface area (Å²) in [6, 6.07) is 0. The molecule has 2 aliphatic heterocycles. The first-order valence-electron chi connectivity index (χ1n) is 3.64. The van der Waals surface area contributed by atoms with E-state index in [2.05, 4.69) is 10.3 Å². The smallest absolute Gasteiger partial charge is 0.173 e. The lowest BCUT2D eigenvalue weighted by Crippen LogP contribution is -2.43. The van der Waals surface area contributed by atoms with Crippen LogP contribution in [0, 0.1) is 0 Å². The average Bonchev–Trinajstić information content (AvgIpc) is 2.04. The third-order valence-corrected chi connectivity index (χ3v) is 1.77. The largest absolute Gasteiger partial charge is 0.496 e. The number of nitrogens with zero attached hydrogens (tertiary/aromatic N) is 1. The Labute approximate surface area is 69.8 Å². The minimum absolute atomic E-state index is 0.438. The zero-order valence-electron chi connectivity index (χ0n) is 6.45. The number of allylic oxidation sites excluding steroid dienone is 1. The Balaban J connectivity index is 2.36. The number of ether oxygens (including phenoxy) is 1. The Morgan fingerprint density at radius 2 is 2.50 bits per heavy atom. The molecule has 0 radical (unpaired) electrons. The van der Waals surface area contributed by atoms with Gasteiger partial charge in [0.15, 0.2) is 6.29 Å². The highest BCUT2D eigenvalue weighted by Crippen LogP contribution is 2.14. The van der Waals surface area contributed by atoms with E-state index in [9.17, 15) is 0 Å². The van der Waals surface area contributed by atoms with E-state index < -0.39 is 6.29 Å². The van der Waals surface area contributed by atoms with Crippen LogP contribution in [0.2, 0.25) is 0 Å². The van der Waals surface area contributed by atoms with Crippen LogP contribution in [0.1, 0.15) is 0 Å². The number of amidine groups is 1. The fourth-order valence-corrected chi connectivity index (χ4v) is 1.19. The molecule has 64 valence electrons. The summed E-state index contributed by atoms with van der Waals surface area (Å²) in [6.07, 6.45) is 2.96. The maximum absolute atomic E-state index is 5.64. The molecule has 0 aromatic rings. The summed E-state index contributed by atoms with van der Waals surface area (Å²) in [5.41, 5.74) is 13.0. The van der Waals surface area contributed by atoms with Gasteiger partial charge in [0.05, 0.1) is 17.5 Å². The molecule has 0 saturated heterocycles. The van der Waals surface area contributed by atoms with Crippen molar-refractivity contribution in [2.75, 3.05) is 6.61 Å². The first-order valence-corrected chi connectivity index (χ1v) is 3.64. The molecule has 0 aromatic carbocycles. The molecule has 2 aliphatic rings. The minimum atomic E-state index is -0.438. The molecule has 5 heteroatoms. The van der Waals surface area contributed by atoms with Crippen molar-refractivity contribution in [1.82, 2.24) is 5.32 Å². The van der Waals surface area contributed by atoms with Crippen molar-refractivity contribution in [3.05, 3.63) is 23.6 Å². The van der Waals surface area contributed by atoms with E-state index >= 15 is 0 Å². The van der Waals surface area contributed by atoms with Crippen LogP contribution >= 0.6 is 0 Å². The van der Waals surface area contributed by atoms with Gasteiger partial charge < -0.3 is 15.8 Å². The van der Waals surface area contributed by atoms with Gasteiger partial charge in [-0.15, -0.1) is 0 Å². The highest BCUT2D eigenvalue weighted by molar-refractivity contribution is 5.99. The number of aliphatic imine (C=N–C) groups is 1. The van der Waals surface area contributed by atoms with Gasteiger partial charge in [0.25, 0.3) is 0 Å². The number of hydrogen-bond acceptors (Lipinski definition) is 5. The molecule has 2 rings (SSSR count). The van der Waals surface area contributed by atoms with E-state index in [1.165, 1.54) is 0 Å². The van der Waals surface area contributed by atoms with E-state index in [0.717, 1.165) is 11.3 Å². The summed E-state index contributed by atoms with van der Waals surface area (Å²) in [7, 11) is 0. The lowest BCUT2D eigenvalue weighted by Gasteiger charge is -2.24. The first-order chi connectivity index (χ1) is 5.77. The Kier molecular flexibility index (Phi) is 1.51. The Hall–Kier alpha value is -1.49. The number of nitrogens with two attached hydrogens (primary N) is 2. The number of hydrogen-bond donors (Lipinski definition) is 3. The summed E-state index contributed by atoms with van der Waals surface area (Å²) in [5.74, 6) is 0.459. The van der Waals surface area contributed by atoms with Crippen LogP contribution in [-0.4, -0.2) is 18.7 Å². The molecule has 5 nitrogen and oxygen atoms in total. The minimum Gasteiger partial charge on any atom is -0.496 e. The molecule has 1 unspecified atom stereocenters. The van der Waals surface area contributed by atoms with E-state index in [1.807, 2.05) is 0 Å². The molecule has 0 spiro atoms. The molecule has 12 heavy (non-hydrogen) atoms. The fraction of sp³-hybridized carbons (Fsp3) is 0.286. The lowest BCUT2D eigenvalue weighted by atomic mass is 10.1. The average molecular weight is 166 g/mol. The Morgan fingerprint density at radius 3 is 3.33 bits per heavy atom. The molecule has 2 heterocycles. The van der Waals surface area contributed by atoms with Gasteiger partial charge >= 0.3 is 0 Å². The zero-order chi connectivity index (χ0) is 8.55.